The van der Waals surface area contributed by atoms with Gasteiger partial charge in [0.1, 0.15) is 0 Å². The predicted octanol–water partition coefficient (Wildman–Crippen LogP) is 2.42. The molecule has 0 spiro atoms. The Morgan fingerprint density at radius 3 is 2.83 bits per heavy atom. The van der Waals surface area contributed by atoms with Crippen LogP contribution in [0.2, 0.25) is 0 Å². The van der Waals surface area contributed by atoms with E-state index in [0.29, 0.717) is 24.8 Å². The van der Waals surface area contributed by atoms with E-state index in [9.17, 15) is 4.79 Å². The van der Waals surface area contributed by atoms with Crippen LogP contribution in [0, 0.1) is 11.8 Å². The molecular weight excluding hydrogens is 244 g/mol. The lowest BCUT2D eigenvalue weighted by Crippen LogP contribution is -2.30. The van der Waals surface area contributed by atoms with Crippen molar-refractivity contribution in [3.05, 3.63) is 22.4 Å². The van der Waals surface area contributed by atoms with Gasteiger partial charge in [0, 0.05) is 17.8 Å². The highest BCUT2D eigenvalue weighted by Crippen LogP contribution is 2.14. The maximum Gasteiger partial charge on any atom is 0.220 e. The van der Waals surface area contributed by atoms with Crippen LogP contribution in [-0.4, -0.2) is 19.0 Å². The van der Waals surface area contributed by atoms with Gasteiger partial charge in [-0.2, -0.15) is 0 Å². The molecule has 0 fully saturated rings. The molecule has 3 N–H and O–H groups in total. The first-order valence-electron chi connectivity index (χ1n) is 6.61. The van der Waals surface area contributed by atoms with Crippen molar-refractivity contribution in [2.24, 2.45) is 17.6 Å². The molecule has 0 saturated carbocycles. The summed E-state index contributed by atoms with van der Waals surface area (Å²) in [5.41, 5.74) is 5.70. The van der Waals surface area contributed by atoms with Gasteiger partial charge in [-0.1, -0.05) is 19.9 Å². The number of amides is 1. The lowest BCUT2D eigenvalue weighted by Gasteiger charge is -2.16. The van der Waals surface area contributed by atoms with E-state index in [4.69, 9.17) is 5.73 Å². The van der Waals surface area contributed by atoms with Crippen molar-refractivity contribution in [2.45, 2.75) is 33.1 Å². The second kappa shape index (κ2) is 8.27. The Morgan fingerprint density at radius 1 is 1.50 bits per heavy atom. The lowest BCUT2D eigenvalue weighted by atomic mass is 9.94. The summed E-state index contributed by atoms with van der Waals surface area (Å²) in [4.78, 5) is 13.1. The zero-order chi connectivity index (χ0) is 13.4. The standard InChI is InChI=1S/C14H24N2OS/c1-11(2)8-12(10-15)9-14(17)16-6-5-13-4-3-7-18-13/h3-4,7,11-12H,5-6,8-10,15H2,1-2H3,(H,16,17). The van der Waals surface area contributed by atoms with Crippen molar-refractivity contribution in [3.63, 3.8) is 0 Å². The fourth-order valence-corrected chi connectivity index (χ4v) is 2.75. The fraction of sp³-hybridized carbons (Fsp3) is 0.643. The van der Waals surface area contributed by atoms with Crippen LogP contribution in [0.1, 0.15) is 31.6 Å². The van der Waals surface area contributed by atoms with E-state index in [2.05, 4.69) is 30.6 Å². The summed E-state index contributed by atoms with van der Waals surface area (Å²) in [6.45, 7) is 5.64. The number of rotatable bonds is 8. The van der Waals surface area contributed by atoms with Gasteiger partial charge in [-0.25, -0.2) is 0 Å². The molecule has 18 heavy (non-hydrogen) atoms. The van der Waals surface area contributed by atoms with Crippen LogP contribution in [0.15, 0.2) is 17.5 Å². The predicted molar refractivity (Wildman–Crippen MR) is 77.6 cm³/mol. The van der Waals surface area contributed by atoms with Crippen molar-refractivity contribution in [1.82, 2.24) is 5.32 Å². The Labute approximate surface area is 114 Å². The van der Waals surface area contributed by atoms with Gasteiger partial charge < -0.3 is 11.1 Å². The molecule has 0 radical (unpaired) electrons. The van der Waals surface area contributed by atoms with Crippen LogP contribution in [0.4, 0.5) is 0 Å². The molecule has 0 aliphatic heterocycles. The number of hydrogen-bond donors (Lipinski definition) is 2. The molecule has 1 aromatic rings. The number of nitrogens with two attached hydrogens (primary N) is 1. The van der Waals surface area contributed by atoms with Crippen molar-refractivity contribution < 1.29 is 4.79 Å². The van der Waals surface area contributed by atoms with Gasteiger partial charge in [-0.15, -0.1) is 11.3 Å². The van der Waals surface area contributed by atoms with Gasteiger partial charge in [0.05, 0.1) is 0 Å². The smallest absolute Gasteiger partial charge is 0.220 e. The van der Waals surface area contributed by atoms with E-state index in [1.54, 1.807) is 11.3 Å². The minimum Gasteiger partial charge on any atom is -0.356 e. The summed E-state index contributed by atoms with van der Waals surface area (Å²) in [7, 11) is 0. The maximum absolute atomic E-state index is 11.8. The Balaban J connectivity index is 2.19. The molecule has 0 aromatic carbocycles. The normalized spacial score (nSPS) is 12.7. The van der Waals surface area contributed by atoms with Crippen molar-refractivity contribution >= 4 is 17.2 Å². The Kier molecular flexibility index (Phi) is 6.98. The molecule has 3 nitrogen and oxygen atoms in total. The summed E-state index contributed by atoms with van der Waals surface area (Å²) >= 11 is 1.73. The van der Waals surface area contributed by atoms with E-state index >= 15 is 0 Å². The number of thiophene rings is 1. The minimum atomic E-state index is 0.127. The van der Waals surface area contributed by atoms with Gasteiger partial charge in [0.2, 0.25) is 5.91 Å². The molecule has 0 aliphatic rings. The van der Waals surface area contributed by atoms with E-state index in [1.807, 2.05) is 6.07 Å². The molecule has 4 heteroatoms. The number of hydrogen-bond acceptors (Lipinski definition) is 3. The van der Waals surface area contributed by atoms with Gasteiger partial charge in [0.15, 0.2) is 0 Å². The lowest BCUT2D eigenvalue weighted by molar-refractivity contribution is -0.122. The first-order chi connectivity index (χ1) is 8.61. The number of carbonyl (C=O) groups is 1. The molecule has 102 valence electrons. The average molecular weight is 268 g/mol. The molecule has 1 unspecified atom stereocenters. The molecule has 0 saturated heterocycles. The quantitative estimate of drug-likeness (QED) is 0.761. The van der Waals surface area contributed by atoms with Crippen molar-refractivity contribution in [3.8, 4) is 0 Å². The molecular formula is C14H24N2OS. The highest BCUT2D eigenvalue weighted by molar-refractivity contribution is 7.09. The number of carbonyl (C=O) groups excluding carboxylic acids is 1. The van der Waals surface area contributed by atoms with Crippen molar-refractivity contribution in [2.75, 3.05) is 13.1 Å². The zero-order valence-corrected chi connectivity index (χ0v) is 12.1. The third kappa shape index (κ3) is 6.17. The van der Waals surface area contributed by atoms with Crippen LogP contribution in [0.3, 0.4) is 0 Å². The van der Waals surface area contributed by atoms with E-state index in [0.717, 1.165) is 19.4 Å². The first kappa shape index (κ1) is 15.2. The number of nitrogens with one attached hydrogen (secondary N) is 1. The first-order valence-corrected chi connectivity index (χ1v) is 7.49. The Hall–Kier alpha value is -0.870. The van der Waals surface area contributed by atoms with Gasteiger partial charge in [0.25, 0.3) is 0 Å². The largest absolute Gasteiger partial charge is 0.356 e. The molecule has 1 heterocycles. The van der Waals surface area contributed by atoms with E-state index in [1.165, 1.54) is 4.88 Å². The fourth-order valence-electron chi connectivity index (χ4n) is 2.04. The zero-order valence-electron chi connectivity index (χ0n) is 11.3. The van der Waals surface area contributed by atoms with Crippen LogP contribution in [0.25, 0.3) is 0 Å². The molecule has 1 atom stereocenters. The maximum atomic E-state index is 11.8. The summed E-state index contributed by atoms with van der Waals surface area (Å²) in [5, 5.41) is 5.03. The third-order valence-corrected chi connectivity index (χ3v) is 3.82. The topological polar surface area (TPSA) is 55.1 Å². The van der Waals surface area contributed by atoms with E-state index < -0.39 is 0 Å². The highest BCUT2D eigenvalue weighted by atomic mass is 32.1. The molecule has 1 aromatic heterocycles. The van der Waals surface area contributed by atoms with Crippen LogP contribution in [-0.2, 0) is 11.2 Å². The van der Waals surface area contributed by atoms with Crippen LogP contribution < -0.4 is 11.1 Å². The van der Waals surface area contributed by atoms with Gasteiger partial charge in [-0.05, 0) is 42.7 Å². The summed E-state index contributed by atoms with van der Waals surface area (Å²) in [6, 6.07) is 4.13. The van der Waals surface area contributed by atoms with Gasteiger partial charge in [-0.3, -0.25) is 4.79 Å². The second-order valence-electron chi connectivity index (χ2n) is 5.11. The van der Waals surface area contributed by atoms with Crippen molar-refractivity contribution in [1.29, 1.82) is 0 Å². The van der Waals surface area contributed by atoms with Crippen LogP contribution >= 0.6 is 11.3 Å². The minimum absolute atomic E-state index is 0.127. The molecule has 0 bridgehead atoms. The third-order valence-electron chi connectivity index (χ3n) is 2.89. The SMILES string of the molecule is CC(C)CC(CN)CC(=O)NCCc1cccs1. The Morgan fingerprint density at radius 2 is 2.28 bits per heavy atom. The molecule has 1 rings (SSSR count). The Bertz CT molecular complexity index is 336. The monoisotopic (exact) mass is 268 g/mol. The highest BCUT2D eigenvalue weighted by Gasteiger charge is 2.13. The summed E-state index contributed by atoms with van der Waals surface area (Å²) < 4.78 is 0. The summed E-state index contributed by atoms with van der Waals surface area (Å²) in [6.07, 6.45) is 2.49. The molecule has 0 aliphatic carbocycles. The van der Waals surface area contributed by atoms with Crippen LogP contribution in [0.5, 0.6) is 0 Å². The molecule has 1 amide bonds. The average Bonchev–Trinajstić information content (AvgIpc) is 2.80. The van der Waals surface area contributed by atoms with Gasteiger partial charge >= 0.3 is 0 Å². The summed E-state index contributed by atoms with van der Waals surface area (Å²) in [5.74, 6) is 1.03. The van der Waals surface area contributed by atoms with E-state index in [-0.39, 0.29) is 5.91 Å². The second-order valence-corrected chi connectivity index (χ2v) is 6.15.